The van der Waals surface area contributed by atoms with Crippen molar-refractivity contribution in [2.45, 2.75) is 70.8 Å². The average molecular weight is 367 g/mol. The molecule has 0 amide bonds. The summed E-state index contributed by atoms with van der Waals surface area (Å²) >= 11 is -0.611. The first-order valence-corrected chi connectivity index (χ1v) is 10.5. The fourth-order valence-corrected chi connectivity index (χ4v) is 2.19. The Balaban J connectivity index is 0. The molecule has 0 aromatic rings. The normalized spacial score (nSPS) is 13.1. The van der Waals surface area contributed by atoms with E-state index in [1.807, 2.05) is 0 Å². The Morgan fingerprint density at radius 1 is 1.00 bits per heavy atom. The quantitative estimate of drug-likeness (QED) is 0.261. The smallest absolute Gasteiger partial charge is 0.314 e. The molecule has 7 heteroatoms. The second-order valence-corrected chi connectivity index (χ2v) is 7.48. The maximum absolute atomic E-state index is 11.6. The number of unbranched alkanes of at least 4 members (excludes halogenated alkanes) is 7. The number of carboxylic acids is 1. The number of carboxylic acid groups (broad SMARTS) is 1. The maximum atomic E-state index is 11.6. The first-order chi connectivity index (χ1) is 11.3. The first-order valence-electron chi connectivity index (χ1n) is 8.58. The largest absolute Gasteiger partial charge is 0.617 e. The molecule has 0 aliphatic heterocycles. The third-order valence-corrected chi connectivity index (χ3v) is 3.49. The summed E-state index contributed by atoms with van der Waals surface area (Å²) in [6.45, 7) is 1.45. The van der Waals surface area contributed by atoms with Crippen LogP contribution in [0.1, 0.15) is 64.7 Å². The van der Waals surface area contributed by atoms with Crippen molar-refractivity contribution >= 4 is 22.9 Å². The molecule has 6 nitrogen and oxygen atoms in total. The van der Waals surface area contributed by atoms with Crippen molar-refractivity contribution in [2.75, 3.05) is 19.1 Å². The SMILES string of the molecule is CCCCCCCCCCC(C(=O)O)C(=O)C(O)CO.C[S+](C)[O-]. The molecule has 0 radical (unpaired) electrons. The van der Waals surface area contributed by atoms with E-state index < -0.39 is 41.6 Å². The minimum absolute atomic E-state index is 0.236. The van der Waals surface area contributed by atoms with Gasteiger partial charge in [0.15, 0.2) is 5.78 Å². The highest BCUT2D eigenvalue weighted by molar-refractivity contribution is 7.89. The number of carbonyl (C=O) groups is 2. The van der Waals surface area contributed by atoms with E-state index in [0.717, 1.165) is 19.3 Å². The summed E-state index contributed by atoms with van der Waals surface area (Å²) in [5, 5.41) is 26.9. The van der Waals surface area contributed by atoms with Gasteiger partial charge in [0.1, 0.15) is 12.0 Å². The van der Waals surface area contributed by atoms with Gasteiger partial charge in [0.05, 0.1) is 19.1 Å². The van der Waals surface area contributed by atoms with Gasteiger partial charge in [-0.15, -0.1) is 0 Å². The van der Waals surface area contributed by atoms with Gasteiger partial charge in [0.2, 0.25) is 0 Å². The minimum Gasteiger partial charge on any atom is -0.617 e. The standard InChI is InChI=1S/C15H28O5.C2H6OS/c1-2-3-4-5-6-7-8-9-10-12(15(19)20)14(18)13(17)11-16;1-4(2)3/h12-13,16-17H,2-11H2,1H3,(H,19,20);1-2H3. The molecule has 0 aromatic carbocycles. The highest BCUT2D eigenvalue weighted by Gasteiger charge is 2.30. The molecule has 0 spiro atoms. The van der Waals surface area contributed by atoms with Crippen LogP contribution in [-0.4, -0.2) is 56.8 Å². The van der Waals surface area contributed by atoms with Crippen LogP contribution < -0.4 is 0 Å². The lowest BCUT2D eigenvalue weighted by atomic mass is 9.93. The topological polar surface area (TPSA) is 118 Å². The minimum atomic E-state index is -1.58. The molecule has 3 N–H and O–H groups in total. The second-order valence-electron chi connectivity index (χ2n) is 6.00. The molecular formula is C17H34O6S. The second kappa shape index (κ2) is 17.2. The third-order valence-electron chi connectivity index (χ3n) is 3.49. The number of Topliss-reactive ketones (excluding diaryl/α,β-unsaturated/α-hetero) is 1. The lowest BCUT2D eigenvalue weighted by Gasteiger charge is -2.14. The number of carbonyl (C=O) groups excluding carboxylic acids is 1. The Morgan fingerprint density at radius 2 is 1.42 bits per heavy atom. The Labute approximate surface area is 148 Å². The molecule has 2 unspecified atom stereocenters. The molecule has 144 valence electrons. The monoisotopic (exact) mass is 366 g/mol. The zero-order chi connectivity index (χ0) is 19.0. The van der Waals surface area contributed by atoms with Gasteiger partial charge in [-0.05, 0) is 6.42 Å². The molecule has 0 saturated heterocycles. The number of hydrogen-bond acceptors (Lipinski definition) is 5. The summed E-state index contributed by atoms with van der Waals surface area (Å²) in [5.74, 6) is -3.20. The van der Waals surface area contributed by atoms with Crippen molar-refractivity contribution in [3.8, 4) is 0 Å². The van der Waals surface area contributed by atoms with E-state index in [1.54, 1.807) is 12.5 Å². The van der Waals surface area contributed by atoms with E-state index >= 15 is 0 Å². The molecule has 0 bridgehead atoms. The van der Waals surface area contributed by atoms with E-state index in [0.29, 0.717) is 6.42 Å². The molecule has 0 saturated carbocycles. The van der Waals surface area contributed by atoms with E-state index in [4.69, 9.17) is 10.2 Å². The Morgan fingerprint density at radius 3 is 1.79 bits per heavy atom. The molecule has 2 atom stereocenters. The number of aliphatic hydroxyl groups is 2. The number of hydrogen-bond donors (Lipinski definition) is 3. The zero-order valence-electron chi connectivity index (χ0n) is 15.2. The first kappa shape index (κ1) is 25.6. The Bertz CT molecular complexity index is 319. The maximum Gasteiger partial charge on any atom is 0.314 e. The predicted molar refractivity (Wildman–Crippen MR) is 96.4 cm³/mol. The Kier molecular flexibility index (Phi) is 18.4. The summed E-state index contributed by atoms with van der Waals surface area (Å²) in [6, 6.07) is 0. The van der Waals surface area contributed by atoms with Gasteiger partial charge < -0.3 is 19.9 Å². The lowest BCUT2D eigenvalue weighted by Crippen LogP contribution is -2.35. The van der Waals surface area contributed by atoms with Crippen LogP contribution in [0.5, 0.6) is 0 Å². The number of ketones is 1. The van der Waals surface area contributed by atoms with Crippen LogP contribution in [0.3, 0.4) is 0 Å². The van der Waals surface area contributed by atoms with Crippen LogP contribution >= 0.6 is 0 Å². The van der Waals surface area contributed by atoms with Gasteiger partial charge in [-0.1, -0.05) is 69.5 Å². The van der Waals surface area contributed by atoms with Gasteiger partial charge in [-0.25, -0.2) is 0 Å². The summed E-state index contributed by atoms with van der Waals surface area (Å²) in [5.41, 5.74) is 0. The number of aliphatic hydroxyl groups excluding tert-OH is 2. The van der Waals surface area contributed by atoms with E-state index in [-0.39, 0.29) is 6.42 Å². The summed E-state index contributed by atoms with van der Waals surface area (Å²) in [6.07, 6.45) is 10.6. The number of rotatable bonds is 13. The number of aliphatic carboxylic acids is 1. The van der Waals surface area contributed by atoms with Gasteiger partial charge >= 0.3 is 5.97 Å². The molecule has 24 heavy (non-hydrogen) atoms. The van der Waals surface area contributed by atoms with E-state index in [9.17, 15) is 19.2 Å². The average Bonchev–Trinajstić information content (AvgIpc) is 2.51. The summed E-state index contributed by atoms with van der Waals surface area (Å²) in [7, 11) is 0. The van der Waals surface area contributed by atoms with Gasteiger partial charge in [0.25, 0.3) is 0 Å². The zero-order valence-corrected chi connectivity index (χ0v) is 16.0. The van der Waals surface area contributed by atoms with Crippen molar-refractivity contribution in [1.82, 2.24) is 0 Å². The fourth-order valence-electron chi connectivity index (χ4n) is 2.19. The van der Waals surface area contributed by atoms with Crippen molar-refractivity contribution in [3.05, 3.63) is 0 Å². The molecule has 0 rings (SSSR count). The predicted octanol–water partition coefficient (Wildman–Crippen LogP) is 2.13. The van der Waals surface area contributed by atoms with E-state index in [1.165, 1.54) is 25.7 Å². The molecular weight excluding hydrogens is 332 g/mol. The molecule has 0 aromatic heterocycles. The van der Waals surface area contributed by atoms with Gasteiger partial charge in [-0.2, -0.15) is 0 Å². The Hall–Kier alpha value is -0.630. The van der Waals surface area contributed by atoms with E-state index in [2.05, 4.69) is 6.92 Å². The summed E-state index contributed by atoms with van der Waals surface area (Å²) in [4.78, 5) is 22.5. The van der Waals surface area contributed by atoms with Crippen molar-refractivity contribution < 1.29 is 29.5 Å². The lowest BCUT2D eigenvalue weighted by molar-refractivity contribution is -0.150. The van der Waals surface area contributed by atoms with Gasteiger partial charge in [0, 0.05) is 0 Å². The van der Waals surface area contributed by atoms with Crippen LogP contribution in [0, 0.1) is 5.92 Å². The summed E-state index contributed by atoms with van der Waals surface area (Å²) < 4.78 is 9.56. The van der Waals surface area contributed by atoms with Crippen molar-refractivity contribution in [3.63, 3.8) is 0 Å². The van der Waals surface area contributed by atoms with Crippen LogP contribution in [-0.2, 0) is 20.8 Å². The van der Waals surface area contributed by atoms with Crippen LogP contribution in [0.2, 0.25) is 0 Å². The molecule has 0 aliphatic carbocycles. The molecule has 0 heterocycles. The molecule has 0 aliphatic rings. The molecule has 0 fully saturated rings. The van der Waals surface area contributed by atoms with Crippen LogP contribution in [0.4, 0.5) is 0 Å². The van der Waals surface area contributed by atoms with Gasteiger partial charge in [-0.3, -0.25) is 9.59 Å². The highest BCUT2D eigenvalue weighted by Crippen LogP contribution is 2.15. The van der Waals surface area contributed by atoms with Crippen LogP contribution in [0.25, 0.3) is 0 Å². The third kappa shape index (κ3) is 16.2. The van der Waals surface area contributed by atoms with Crippen LogP contribution in [0.15, 0.2) is 0 Å². The van der Waals surface area contributed by atoms with Crippen molar-refractivity contribution in [2.24, 2.45) is 5.92 Å². The fraction of sp³-hybridized carbons (Fsp3) is 0.882. The van der Waals surface area contributed by atoms with Crippen molar-refractivity contribution in [1.29, 1.82) is 0 Å². The highest BCUT2D eigenvalue weighted by atomic mass is 32.2.